The van der Waals surface area contributed by atoms with Crippen LogP contribution < -0.4 is 10.5 Å². The fourth-order valence-electron chi connectivity index (χ4n) is 1.21. The molecule has 0 saturated carbocycles. The molecule has 6 nitrogen and oxygen atoms in total. The van der Waals surface area contributed by atoms with Gasteiger partial charge in [-0.15, -0.1) is 0 Å². The van der Waals surface area contributed by atoms with Gasteiger partial charge in [-0.3, -0.25) is 4.79 Å². The molecule has 0 bridgehead atoms. The van der Waals surface area contributed by atoms with Gasteiger partial charge in [-0.1, -0.05) is 13.3 Å². The molecule has 3 N–H and O–H groups in total. The number of nitrogens with two attached hydrogens (primary N) is 1. The number of hydrogen-bond acceptors (Lipinski definition) is 5. The van der Waals surface area contributed by atoms with E-state index in [1.165, 1.54) is 7.11 Å². The monoisotopic (exact) mass is 252 g/mol. The van der Waals surface area contributed by atoms with Gasteiger partial charge in [-0.05, 0) is 6.42 Å². The Labute approximate surface area is 96.6 Å². The third-order valence-electron chi connectivity index (χ3n) is 2.07. The number of rotatable bonds is 8. The number of carbonyl (C=O) groups is 1. The van der Waals surface area contributed by atoms with Crippen molar-refractivity contribution >= 4 is 16.0 Å². The van der Waals surface area contributed by atoms with Crippen LogP contribution >= 0.6 is 0 Å². The van der Waals surface area contributed by atoms with Gasteiger partial charge in [0.05, 0.1) is 19.3 Å². The Morgan fingerprint density at radius 1 is 1.50 bits per heavy atom. The van der Waals surface area contributed by atoms with Crippen LogP contribution in [-0.2, 0) is 19.6 Å². The van der Waals surface area contributed by atoms with Crippen LogP contribution in [-0.4, -0.2) is 39.8 Å². The van der Waals surface area contributed by atoms with E-state index in [0.717, 1.165) is 6.42 Å². The van der Waals surface area contributed by atoms with Gasteiger partial charge in [0.2, 0.25) is 10.0 Å². The van der Waals surface area contributed by atoms with Crippen molar-refractivity contribution in [2.24, 2.45) is 5.73 Å². The fraction of sp³-hybridized carbons (Fsp3) is 0.889. The molecule has 0 rings (SSSR count). The van der Waals surface area contributed by atoms with E-state index in [-0.39, 0.29) is 24.8 Å². The molecule has 0 heterocycles. The number of ether oxygens (including phenoxy) is 1. The highest BCUT2D eigenvalue weighted by molar-refractivity contribution is 7.89. The van der Waals surface area contributed by atoms with Gasteiger partial charge in [0.1, 0.15) is 0 Å². The summed E-state index contributed by atoms with van der Waals surface area (Å²) in [7, 11) is -2.23. The first-order chi connectivity index (χ1) is 7.45. The van der Waals surface area contributed by atoms with Gasteiger partial charge in [0.15, 0.2) is 0 Å². The molecule has 0 aliphatic rings. The summed E-state index contributed by atoms with van der Waals surface area (Å²) in [5.41, 5.74) is 5.43. The molecule has 0 aliphatic carbocycles. The van der Waals surface area contributed by atoms with Crippen LogP contribution in [0.1, 0.15) is 26.2 Å². The second kappa shape index (κ2) is 7.59. The van der Waals surface area contributed by atoms with E-state index in [1.807, 2.05) is 6.92 Å². The molecule has 0 aromatic carbocycles. The van der Waals surface area contributed by atoms with Crippen molar-refractivity contribution in [2.75, 3.05) is 19.4 Å². The first-order valence-corrected chi connectivity index (χ1v) is 6.87. The van der Waals surface area contributed by atoms with Crippen molar-refractivity contribution in [1.29, 1.82) is 0 Å². The summed E-state index contributed by atoms with van der Waals surface area (Å²) in [5.74, 6) is -0.801. The van der Waals surface area contributed by atoms with Crippen LogP contribution in [0.2, 0.25) is 0 Å². The Bertz CT molecular complexity index is 303. The maximum atomic E-state index is 11.5. The molecule has 0 aromatic heterocycles. The van der Waals surface area contributed by atoms with Crippen molar-refractivity contribution in [3.05, 3.63) is 0 Å². The maximum absolute atomic E-state index is 11.5. The first-order valence-electron chi connectivity index (χ1n) is 5.22. The standard InChI is InChI=1S/C9H20N2O4S/c1-3-4-8(7-10)11-16(13,14)6-5-9(12)15-2/h8,11H,3-7,10H2,1-2H3. The molecule has 0 radical (unpaired) electrons. The highest BCUT2D eigenvalue weighted by Crippen LogP contribution is 1.99. The summed E-state index contributed by atoms with van der Waals surface area (Å²) in [6.45, 7) is 2.21. The number of hydrogen-bond donors (Lipinski definition) is 2. The van der Waals surface area contributed by atoms with E-state index < -0.39 is 16.0 Å². The van der Waals surface area contributed by atoms with Crippen LogP contribution in [0.3, 0.4) is 0 Å². The molecule has 7 heteroatoms. The summed E-state index contributed by atoms with van der Waals surface area (Å²) in [6.07, 6.45) is 1.39. The molecule has 0 fully saturated rings. The number of sulfonamides is 1. The quantitative estimate of drug-likeness (QED) is 0.572. The lowest BCUT2D eigenvalue weighted by Crippen LogP contribution is -2.41. The van der Waals surface area contributed by atoms with Crippen molar-refractivity contribution in [3.8, 4) is 0 Å². The second-order valence-electron chi connectivity index (χ2n) is 3.48. The van der Waals surface area contributed by atoms with Crippen molar-refractivity contribution in [3.63, 3.8) is 0 Å². The van der Waals surface area contributed by atoms with Crippen LogP contribution in [0.15, 0.2) is 0 Å². The van der Waals surface area contributed by atoms with Gasteiger partial charge in [-0.25, -0.2) is 13.1 Å². The molecule has 0 aliphatic heterocycles. The second-order valence-corrected chi connectivity index (χ2v) is 5.36. The Kier molecular flexibility index (Phi) is 7.27. The summed E-state index contributed by atoms with van der Waals surface area (Å²) in [6, 6.07) is -0.257. The van der Waals surface area contributed by atoms with E-state index in [0.29, 0.717) is 6.42 Å². The fourth-order valence-corrected chi connectivity index (χ4v) is 2.48. The van der Waals surface area contributed by atoms with Gasteiger partial charge in [0, 0.05) is 12.6 Å². The summed E-state index contributed by atoms with van der Waals surface area (Å²) in [5, 5.41) is 0. The SMILES string of the molecule is CCCC(CN)NS(=O)(=O)CCC(=O)OC. The Morgan fingerprint density at radius 2 is 2.12 bits per heavy atom. The minimum atomic E-state index is -3.45. The number of nitrogens with one attached hydrogen (secondary N) is 1. The zero-order chi connectivity index (χ0) is 12.6. The van der Waals surface area contributed by atoms with Gasteiger partial charge >= 0.3 is 5.97 Å². The summed E-state index contributed by atoms with van der Waals surface area (Å²) in [4.78, 5) is 10.8. The summed E-state index contributed by atoms with van der Waals surface area (Å²) >= 11 is 0. The number of carbonyl (C=O) groups excluding carboxylic acids is 1. The lowest BCUT2D eigenvalue weighted by Gasteiger charge is -2.15. The summed E-state index contributed by atoms with van der Waals surface area (Å²) < 4.78 is 29.9. The number of methoxy groups -OCH3 is 1. The van der Waals surface area contributed by atoms with Crippen molar-refractivity contribution in [2.45, 2.75) is 32.2 Å². The topological polar surface area (TPSA) is 98.5 Å². The van der Waals surface area contributed by atoms with Crippen molar-refractivity contribution in [1.82, 2.24) is 4.72 Å². The van der Waals surface area contributed by atoms with Gasteiger partial charge in [-0.2, -0.15) is 0 Å². The third kappa shape index (κ3) is 6.76. The average Bonchev–Trinajstić information content (AvgIpc) is 2.25. The predicted molar refractivity (Wildman–Crippen MR) is 61.3 cm³/mol. The molecule has 0 saturated heterocycles. The molecular formula is C9H20N2O4S. The van der Waals surface area contributed by atoms with E-state index in [1.54, 1.807) is 0 Å². The molecule has 0 amide bonds. The maximum Gasteiger partial charge on any atom is 0.306 e. The van der Waals surface area contributed by atoms with E-state index >= 15 is 0 Å². The van der Waals surface area contributed by atoms with E-state index in [4.69, 9.17) is 5.73 Å². The molecule has 96 valence electrons. The minimum Gasteiger partial charge on any atom is -0.469 e. The van der Waals surface area contributed by atoms with Crippen LogP contribution in [0.5, 0.6) is 0 Å². The molecule has 0 aromatic rings. The largest absolute Gasteiger partial charge is 0.469 e. The zero-order valence-corrected chi connectivity index (χ0v) is 10.5. The Morgan fingerprint density at radius 3 is 2.56 bits per heavy atom. The molecule has 1 unspecified atom stereocenters. The number of esters is 1. The molecule has 0 spiro atoms. The molecule has 16 heavy (non-hydrogen) atoms. The predicted octanol–water partition coefficient (Wildman–Crippen LogP) is -0.404. The highest BCUT2D eigenvalue weighted by atomic mass is 32.2. The van der Waals surface area contributed by atoms with Gasteiger partial charge < -0.3 is 10.5 Å². The normalized spacial score (nSPS) is 13.4. The van der Waals surface area contributed by atoms with E-state index in [9.17, 15) is 13.2 Å². The Balaban J connectivity index is 4.17. The molecule has 1 atom stereocenters. The highest BCUT2D eigenvalue weighted by Gasteiger charge is 2.17. The third-order valence-corrected chi connectivity index (χ3v) is 3.50. The minimum absolute atomic E-state index is 0.144. The zero-order valence-electron chi connectivity index (χ0n) is 9.73. The lowest BCUT2D eigenvalue weighted by molar-refractivity contribution is -0.140. The smallest absolute Gasteiger partial charge is 0.306 e. The first kappa shape index (κ1) is 15.3. The Hall–Kier alpha value is -0.660. The van der Waals surface area contributed by atoms with E-state index in [2.05, 4.69) is 9.46 Å². The van der Waals surface area contributed by atoms with Crippen LogP contribution in [0.25, 0.3) is 0 Å². The van der Waals surface area contributed by atoms with Crippen LogP contribution in [0.4, 0.5) is 0 Å². The van der Waals surface area contributed by atoms with Crippen LogP contribution in [0, 0.1) is 0 Å². The molecular weight excluding hydrogens is 232 g/mol. The van der Waals surface area contributed by atoms with Gasteiger partial charge in [0.25, 0.3) is 0 Å². The average molecular weight is 252 g/mol. The van der Waals surface area contributed by atoms with Crippen molar-refractivity contribution < 1.29 is 17.9 Å². The lowest BCUT2D eigenvalue weighted by atomic mass is 10.2.